The zero-order valence-electron chi connectivity index (χ0n) is 20.3. The summed E-state index contributed by atoms with van der Waals surface area (Å²) in [5.41, 5.74) is 2.15. The molecule has 33 heavy (non-hydrogen) atoms. The summed E-state index contributed by atoms with van der Waals surface area (Å²) < 4.78 is 11.7. The summed E-state index contributed by atoms with van der Waals surface area (Å²) in [6.45, 7) is 10.2. The van der Waals surface area contributed by atoms with Crippen LogP contribution in [-0.4, -0.2) is 38.2 Å². The predicted molar refractivity (Wildman–Crippen MR) is 146 cm³/mol. The largest absolute Gasteiger partial charge is 0.493 e. The highest BCUT2D eigenvalue weighted by Crippen LogP contribution is 2.35. The maximum atomic E-state index is 6.33. The Morgan fingerprint density at radius 2 is 1.55 bits per heavy atom. The first-order chi connectivity index (χ1) is 15.2. The summed E-state index contributed by atoms with van der Waals surface area (Å²) in [6, 6.07) is 13.9. The molecule has 0 atom stereocenters. The molecule has 0 aliphatic rings. The van der Waals surface area contributed by atoms with E-state index in [0.29, 0.717) is 23.9 Å². The molecule has 0 aliphatic carbocycles. The second kappa shape index (κ2) is 19.2. The average molecular weight is 520 g/mol. The van der Waals surface area contributed by atoms with Crippen LogP contribution in [0, 0.1) is 0 Å². The van der Waals surface area contributed by atoms with E-state index in [1.165, 1.54) is 38.8 Å². The van der Waals surface area contributed by atoms with Gasteiger partial charge in [0.2, 0.25) is 0 Å². The molecule has 7 heteroatoms. The second-order valence-corrected chi connectivity index (χ2v) is 8.39. The van der Waals surface area contributed by atoms with Gasteiger partial charge in [-0.25, -0.2) is 0 Å². The van der Waals surface area contributed by atoms with Crippen LogP contribution >= 0.6 is 36.4 Å². The van der Waals surface area contributed by atoms with E-state index in [0.717, 1.165) is 36.4 Å². The Morgan fingerprint density at radius 1 is 0.909 bits per heavy atom. The molecule has 1 N–H and O–H groups in total. The van der Waals surface area contributed by atoms with E-state index in [9.17, 15) is 0 Å². The Morgan fingerprint density at radius 3 is 2.15 bits per heavy atom. The Balaban J connectivity index is 0.00000512. The van der Waals surface area contributed by atoms with Crippen molar-refractivity contribution in [1.29, 1.82) is 0 Å². The maximum absolute atomic E-state index is 6.33. The predicted octanol–water partition coefficient (Wildman–Crippen LogP) is 7.15. The van der Waals surface area contributed by atoms with Crippen molar-refractivity contribution in [3.05, 3.63) is 58.6 Å². The van der Waals surface area contributed by atoms with Crippen molar-refractivity contribution in [2.24, 2.45) is 0 Å². The fourth-order valence-electron chi connectivity index (χ4n) is 3.55. The van der Waals surface area contributed by atoms with Gasteiger partial charge < -0.3 is 19.7 Å². The van der Waals surface area contributed by atoms with Gasteiger partial charge in [0, 0.05) is 23.2 Å². The summed E-state index contributed by atoms with van der Waals surface area (Å²) in [5.74, 6) is 1.43. The number of nitrogens with one attached hydrogen (secondary N) is 1. The topological polar surface area (TPSA) is 33.7 Å². The molecule has 0 unspecified atom stereocenters. The van der Waals surface area contributed by atoms with Gasteiger partial charge in [-0.15, -0.1) is 24.8 Å². The number of halogens is 3. The third kappa shape index (κ3) is 12.2. The Hall–Kier alpha value is -1.17. The molecule has 0 radical (unpaired) electrons. The van der Waals surface area contributed by atoms with Crippen molar-refractivity contribution in [1.82, 2.24) is 10.2 Å². The zero-order valence-corrected chi connectivity index (χ0v) is 22.7. The van der Waals surface area contributed by atoms with Crippen LogP contribution in [0.4, 0.5) is 0 Å². The van der Waals surface area contributed by atoms with Crippen LogP contribution < -0.4 is 14.8 Å². The molecule has 0 bridgehead atoms. The van der Waals surface area contributed by atoms with Gasteiger partial charge in [0.05, 0.1) is 7.11 Å². The SMILES string of the molecule is CCCCN(CCCC)CCCNCc1cc(Cl)cc(OC)c1OCc1ccccc1.Cl.Cl. The molecule has 2 aromatic rings. The van der Waals surface area contributed by atoms with Crippen LogP contribution in [0.25, 0.3) is 0 Å². The van der Waals surface area contributed by atoms with Crippen molar-refractivity contribution >= 4 is 36.4 Å². The van der Waals surface area contributed by atoms with Gasteiger partial charge in [-0.1, -0.05) is 68.6 Å². The van der Waals surface area contributed by atoms with E-state index < -0.39 is 0 Å². The van der Waals surface area contributed by atoms with E-state index in [-0.39, 0.29) is 24.8 Å². The number of nitrogens with zero attached hydrogens (tertiary/aromatic N) is 1. The fraction of sp³-hybridized carbons (Fsp3) is 0.538. The van der Waals surface area contributed by atoms with Gasteiger partial charge in [0.15, 0.2) is 11.5 Å². The smallest absolute Gasteiger partial charge is 0.166 e. The lowest BCUT2D eigenvalue weighted by Gasteiger charge is -2.22. The minimum absolute atomic E-state index is 0. The third-order valence-corrected chi connectivity index (χ3v) is 5.56. The molecule has 0 fully saturated rings. The lowest BCUT2D eigenvalue weighted by molar-refractivity contribution is 0.260. The minimum Gasteiger partial charge on any atom is -0.493 e. The molecule has 0 heterocycles. The number of methoxy groups -OCH3 is 1. The van der Waals surface area contributed by atoms with Crippen molar-refractivity contribution in [3.63, 3.8) is 0 Å². The third-order valence-electron chi connectivity index (χ3n) is 5.34. The van der Waals surface area contributed by atoms with E-state index in [2.05, 4.69) is 36.2 Å². The Kier molecular flexibility index (Phi) is 18.5. The summed E-state index contributed by atoms with van der Waals surface area (Å²) in [5, 5.41) is 4.22. The molecule has 2 aromatic carbocycles. The molecule has 0 amide bonds. The highest BCUT2D eigenvalue weighted by atomic mass is 35.5. The highest BCUT2D eigenvalue weighted by molar-refractivity contribution is 6.30. The van der Waals surface area contributed by atoms with Gasteiger partial charge in [0.1, 0.15) is 6.61 Å². The van der Waals surface area contributed by atoms with Crippen molar-refractivity contribution < 1.29 is 9.47 Å². The first-order valence-electron chi connectivity index (χ1n) is 11.6. The van der Waals surface area contributed by atoms with Crippen LogP contribution in [-0.2, 0) is 13.2 Å². The molecular formula is C26H41Cl3N2O2. The minimum atomic E-state index is 0. The lowest BCUT2D eigenvalue weighted by Crippen LogP contribution is -2.29. The number of hydrogen-bond acceptors (Lipinski definition) is 4. The maximum Gasteiger partial charge on any atom is 0.166 e. The summed E-state index contributed by atoms with van der Waals surface area (Å²) >= 11 is 6.33. The zero-order chi connectivity index (χ0) is 22.3. The highest BCUT2D eigenvalue weighted by Gasteiger charge is 2.13. The monoisotopic (exact) mass is 518 g/mol. The Labute approximate surface area is 218 Å². The molecule has 0 aromatic heterocycles. The van der Waals surface area contributed by atoms with Crippen LogP contribution in [0.3, 0.4) is 0 Å². The second-order valence-electron chi connectivity index (χ2n) is 7.95. The van der Waals surface area contributed by atoms with Gasteiger partial charge in [0.25, 0.3) is 0 Å². The Bertz CT molecular complexity index is 740. The van der Waals surface area contributed by atoms with Crippen LogP contribution in [0.1, 0.15) is 57.1 Å². The van der Waals surface area contributed by atoms with E-state index in [1.807, 2.05) is 30.3 Å². The molecule has 0 aliphatic heterocycles. The molecule has 4 nitrogen and oxygen atoms in total. The summed E-state index contributed by atoms with van der Waals surface area (Å²) in [7, 11) is 1.65. The van der Waals surface area contributed by atoms with Crippen LogP contribution in [0.2, 0.25) is 5.02 Å². The fourth-order valence-corrected chi connectivity index (χ4v) is 3.78. The number of ether oxygens (including phenoxy) is 2. The molecule has 0 spiro atoms. The first-order valence-corrected chi connectivity index (χ1v) is 12.0. The molecule has 0 saturated heterocycles. The van der Waals surface area contributed by atoms with E-state index in [4.69, 9.17) is 21.1 Å². The molecule has 2 rings (SSSR count). The average Bonchev–Trinajstić information content (AvgIpc) is 2.79. The number of unbranched alkanes of at least 4 members (excludes halogenated alkanes) is 2. The van der Waals surface area contributed by atoms with Gasteiger partial charge in [-0.05, 0) is 57.1 Å². The number of benzene rings is 2. The number of rotatable bonds is 16. The standard InChI is InChI=1S/C26H39ClN2O2.2ClH/c1-4-6-15-29(16-7-5-2)17-11-14-28-20-23-18-24(27)19-25(30-3)26(23)31-21-22-12-9-8-10-13-22;;/h8-10,12-13,18-19,28H,4-7,11,14-17,20-21H2,1-3H3;2*1H. The number of hydrogen-bond donors (Lipinski definition) is 1. The van der Waals surface area contributed by atoms with E-state index >= 15 is 0 Å². The molecule has 188 valence electrons. The van der Waals surface area contributed by atoms with Gasteiger partial charge in [-0.3, -0.25) is 0 Å². The van der Waals surface area contributed by atoms with Crippen molar-refractivity contribution in [2.75, 3.05) is 33.3 Å². The quantitative estimate of drug-likeness (QED) is 0.239. The normalized spacial score (nSPS) is 10.5. The van der Waals surface area contributed by atoms with Gasteiger partial charge >= 0.3 is 0 Å². The first kappa shape index (κ1) is 31.8. The van der Waals surface area contributed by atoms with Crippen LogP contribution in [0.5, 0.6) is 11.5 Å². The van der Waals surface area contributed by atoms with Crippen LogP contribution in [0.15, 0.2) is 42.5 Å². The van der Waals surface area contributed by atoms with E-state index in [1.54, 1.807) is 7.11 Å². The van der Waals surface area contributed by atoms with Crippen molar-refractivity contribution in [2.45, 2.75) is 59.1 Å². The molecular weight excluding hydrogens is 479 g/mol. The summed E-state index contributed by atoms with van der Waals surface area (Å²) in [4.78, 5) is 2.60. The lowest BCUT2D eigenvalue weighted by atomic mass is 10.1. The van der Waals surface area contributed by atoms with Crippen molar-refractivity contribution in [3.8, 4) is 11.5 Å². The summed E-state index contributed by atoms with van der Waals surface area (Å²) in [6.07, 6.45) is 6.20. The van der Waals surface area contributed by atoms with Gasteiger partial charge in [-0.2, -0.15) is 0 Å². The molecule has 0 saturated carbocycles.